The van der Waals surface area contributed by atoms with Crippen LogP contribution in [-0.2, 0) is 8.37 Å². The van der Waals surface area contributed by atoms with Gasteiger partial charge in [0, 0.05) is 24.0 Å². The average Bonchev–Trinajstić information content (AvgIpc) is 2.17. The van der Waals surface area contributed by atoms with E-state index in [0.717, 1.165) is 11.5 Å². The molecule has 0 aliphatic rings. The third-order valence-electron chi connectivity index (χ3n) is 1.52. The molecule has 2 nitrogen and oxygen atoms in total. The fourth-order valence-electron chi connectivity index (χ4n) is 0.970. The first kappa shape index (κ1) is 15.3. The molecule has 0 radical (unpaired) electrons. The van der Waals surface area contributed by atoms with Crippen molar-refractivity contribution >= 4 is 47.6 Å². The Morgan fingerprint density at radius 3 is 1.36 bits per heavy atom. The highest BCUT2D eigenvalue weighted by atomic mass is 32.2. The van der Waals surface area contributed by atoms with Crippen LogP contribution in [0.25, 0.3) is 0 Å². The number of hydrogen-bond donors (Lipinski definition) is 0. The molecule has 0 aromatic carbocycles. The summed E-state index contributed by atoms with van der Waals surface area (Å²) in [6, 6.07) is 0. The molecule has 0 aromatic rings. The highest BCUT2D eigenvalue weighted by molar-refractivity contribution is 7.99. The average molecular weight is 274 g/mol. The Labute approximate surface area is 104 Å². The molecule has 2 atom stereocenters. The van der Waals surface area contributed by atoms with Crippen LogP contribution in [0, 0.1) is 0 Å². The van der Waals surface area contributed by atoms with E-state index in [1.54, 1.807) is 23.5 Å². The van der Waals surface area contributed by atoms with Gasteiger partial charge in [0.25, 0.3) is 0 Å². The fraction of sp³-hybridized carbons (Fsp3) is 1.00. The van der Waals surface area contributed by atoms with Crippen LogP contribution >= 0.6 is 47.6 Å². The van der Waals surface area contributed by atoms with Crippen LogP contribution in [0.1, 0.15) is 0 Å². The minimum atomic E-state index is 0.180. The predicted octanol–water partition coefficient (Wildman–Crippen LogP) is 3.04. The minimum Gasteiger partial charge on any atom is -0.309 e. The second kappa shape index (κ2) is 10.8. The van der Waals surface area contributed by atoms with Gasteiger partial charge in [-0.25, -0.2) is 0 Å². The van der Waals surface area contributed by atoms with E-state index in [1.165, 1.54) is 24.1 Å². The summed E-state index contributed by atoms with van der Waals surface area (Å²) >= 11 is 6.42. The predicted molar refractivity (Wildman–Crippen MR) is 73.5 cm³/mol. The summed E-state index contributed by atoms with van der Waals surface area (Å²) in [5, 5.41) is 0. The fourth-order valence-corrected chi connectivity index (χ4v) is 3.24. The van der Waals surface area contributed by atoms with Crippen LogP contribution in [0.15, 0.2) is 0 Å². The summed E-state index contributed by atoms with van der Waals surface area (Å²) < 4.78 is 11.2. The Kier molecular flexibility index (Phi) is 11.8. The summed E-state index contributed by atoms with van der Waals surface area (Å²) in [5.74, 6) is 1.96. The summed E-state index contributed by atoms with van der Waals surface area (Å²) in [4.78, 5) is 0. The summed E-state index contributed by atoms with van der Waals surface area (Å²) in [7, 11) is 0. The molecule has 0 fully saturated rings. The van der Waals surface area contributed by atoms with Gasteiger partial charge in [-0.1, -0.05) is 0 Å². The van der Waals surface area contributed by atoms with Crippen molar-refractivity contribution in [3.63, 3.8) is 0 Å². The zero-order valence-corrected chi connectivity index (χ0v) is 12.3. The first-order chi connectivity index (χ1) is 6.79. The molecule has 0 rings (SSSR count). The lowest BCUT2D eigenvalue weighted by atomic mass is 10.3. The molecule has 0 saturated carbocycles. The molecule has 14 heavy (non-hydrogen) atoms. The molecule has 0 bridgehead atoms. The minimum absolute atomic E-state index is 0.180. The third-order valence-corrected chi connectivity index (χ3v) is 3.72. The standard InChI is InChI=1S/C8H18O2S4/c1-11-5-7(9-13-3)8(6-12-2)10-14-4/h7-8H,5-6H2,1-4H3. The number of thioether (sulfide) groups is 2. The van der Waals surface area contributed by atoms with Crippen molar-refractivity contribution in [3.05, 3.63) is 0 Å². The van der Waals surface area contributed by atoms with Crippen LogP contribution in [0.3, 0.4) is 0 Å². The summed E-state index contributed by atoms with van der Waals surface area (Å²) in [5.41, 5.74) is 0. The lowest BCUT2D eigenvalue weighted by Crippen LogP contribution is -2.32. The van der Waals surface area contributed by atoms with Gasteiger partial charge in [-0.3, -0.25) is 0 Å². The third kappa shape index (κ3) is 6.74. The van der Waals surface area contributed by atoms with Gasteiger partial charge in [0.05, 0.1) is 0 Å². The second-order valence-electron chi connectivity index (χ2n) is 2.51. The molecular weight excluding hydrogens is 256 g/mol. The zero-order valence-electron chi connectivity index (χ0n) is 9.02. The van der Waals surface area contributed by atoms with E-state index < -0.39 is 0 Å². The van der Waals surface area contributed by atoms with E-state index in [2.05, 4.69) is 12.5 Å². The van der Waals surface area contributed by atoms with Crippen molar-refractivity contribution < 1.29 is 8.37 Å². The van der Waals surface area contributed by atoms with Crippen molar-refractivity contribution in [2.24, 2.45) is 0 Å². The van der Waals surface area contributed by atoms with Gasteiger partial charge in [-0.15, -0.1) is 0 Å². The zero-order chi connectivity index (χ0) is 10.8. The smallest absolute Gasteiger partial charge is 0.109 e. The Morgan fingerprint density at radius 1 is 0.786 bits per heavy atom. The Morgan fingerprint density at radius 2 is 1.14 bits per heavy atom. The number of rotatable bonds is 9. The maximum Gasteiger partial charge on any atom is 0.109 e. The van der Waals surface area contributed by atoms with Crippen LogP contribution in [0.5, 0.6) is 0 Å². The molecule has 0 aliphatic heterocycles. The Bertz CT molecular complexity index is 99.9. The van der Waals surface area contributed by atoms with Crippen LogP contribution in [-0.4, -0.2) is 48.7 Å². The molecule has 0 heterocycles. The first-order valence-electron chi connectivity index (χ1n) is 4.16. The highest BCUT2D eigenvalue weighted by Gasteiger charge is 2.22. The lowest BCUT2D eigenvalue weighted by Gasteiger charge is -2.23. The Hall–Kier alpha value is 1.32. The maximum atomic E-state index is 5.59. The van der Waals surface area contributed by atoms with Gasteiger partial charge in [-0.2, -0.15) is 23.5 Å². The maximum absolute atomic E-state index is 5.59. The molecule has 0 aliphatic carbocycles. The molecule has 0 amide bonds. The van der Waals surface area contributed by atoms with E-state index in [1.807, 2.05) is 12.5 Å². The van der Waals surface area contributed by atoms with Crippen molar-refractivity contribution in [2.75, 3.05) is 36.5 Å². The van der Waals surface area contributed by atoms with E-state index in [-0.39, 0.29) is 12.2 Å². The normalized spacial score (nSPS) is 15.4. The summed E-state index contributed by atoms with van der Waals surface area (Å²) in [6.45, 7) is 0. The molecule has 0 N–H and O–H groups in total. The van der Waals surface area contributed by atoms with Crippen molar-refractivity contribution in [1.29, 1.82) is 0 Å². The summed E-state index contributed by atoms with van der Waals surface area (Å²) in [6.07, 6.45) is 8.43. The van der Waals surface area contributed by atoms with E-state index >= 15 is 0 Å². The molecule has 2 unspecified atom stereocenters. The monoisotopic (exact) mass is 274 g/mol. The highest BCUT2D eigenvalue weighted by Crippen LogP contribution is 2.20. The Balaban J connectivity index is 4.06. The van der Waals surface area contributed by atoms with Gasteiger partial charge in [-0.05, 0) is 36.6 Å². The lowest BCUT2D eigenvalue weighted by molar-refractivity contribution is 0.119. The van der Waals surface area contributed by atoms with Gasteiger partial charge < -0.3 is 8.37 Å². The molecule has 0 saturated heterocycles. The molecule has 0 spiro atoms. The molecule has 86 valence electrons. The van der Waals surface area contributed by atoms with E-state index in [0.29, 0.717) is 0 Å². The van der Waals surface area contributed by atoms with Crippen LogP contribution in [0.2, 0.25) is 0 Å². The molecular formula is C8H18O2S4. The topological polar surface area (TPSA) is 18.5 Å². The van der Waals surface area contributed by atoms with Gasteiger partial charge in [0.15, 0.2) is 0 Å². The number of hydrogen-bond acceptors (Lipinski definition) is 6. The molecule has 0 aromatic heterocycles. The quantitative estimate of drug-likeness (QED) is 0.597. The van der Waals surface area contributed by atoms with Gasteiger partial charge in [0.2, 0.25) is 0 Å². The molecule has 6 heteroatoms. The first-order valence-corrected chi connectivity index (χ1v) is 9.25. The van der Waals surface area contributed by atoms with Crippen molar-refractivity contribution in [3.8, 4) is 0 Å². The van der Waals surface area contributed by atoms with Crippen LogP contribution in [0.4, 0.5) is 0 Å². The van der Waals surface area contributed by atoms with E-state index in [4.69, 9.17) is 8.37 Å². The van der Waals surface area contributed by atoms with Gasteiger partial charge in [0.1, 0.15) is 12.2 Å². The van der Waals surface area contributed by atoms with Crippen LogP contribution < -0.4 is 0 Å². The second-order valence-corrected chi connectivity index (χ2v) is 5.39. The van der Waals surface area contributed by atoms with Gasteiger partial charge >= 0.3 is 0 Å². The van der Waals surface area contributed by atoms with Crippen molar-refractivity contribution in [2.45, 2.75) is 12.2 Å². The SMILES string of the molecule is CSCC(OSC)C(CSC)OSC. The van der Waals surface area contributed by atoms with Crippen molar-refractivity contribution in [1.82, 2.24) is 0 Å². The largest absolute Gasteiger partial charge is 0.309 e. The van der Waals surface area contributed by atoms with E-state index in [9.17, 15) is 0 Å².